The van der Waals surface area contributed by atoms with Crippen LogP contribution in [0.15, 0.2) is 24.3 Å². The van der Waals surface area contributed by atoms with Crippen LogP contribution in [0, 0.1) is 5.92 Å². The van der Waals surface area contributed by atoms with Gasteiger partial charge in [0.15, 0.2) is 0 Å². The Hall–Kier alpha value is -0.820. The zero-order valence-corrected chi connectivity index (χ0v) is 11.0. The van der Waals surface area contributed by atoms with Crippen LogP contribution < -0.4 is 5.73 Å². The third-order valence-electron chi connectivity index (χ3n) is 2.89. The standard InChI is InChI=1S/C15H25N/c1-11(2)8-14-6-5-7-15(10-14)12(3)9-13(4)16/h5-7,10-13H,8-9,16H2,1-4H3. The topological polar surface area (TPSA) is 26.0 Å². The van der Waals surface area contributed by atoms with Crippen LogP contribution in [-0.2, 0) is 6.42 Å². The molecule has 16 heavy (non-hydrogen) atoms. The first-order valence-corrected chi connectivity index (χ1v) is 6.33. The highest BCUT2D eigenvalue weighted by molar-refractivity contribution is 5.26. The van der Waals surface area contributed by atoms with Crippen LogP contribution in [0.25, 0.3) is 0 Å². The van der Waals surface area contributed by atoms with Crippen LogP contribution in [0.2, 0.25) is 0 Å². The Balaban J connectivity index is 2.73. The third kappa shape index (κ3) is 4.36. The summed E-state index contributed by atoms with van der Waals surface area (Å²) in [4.78, 5) is 0. The van der Waals surface area contributed by atoms with Gasteiger partial charge in [-0.2, -0.15) is 0 Å². The first kappa shape index (κ1) is 13.2. The average molecular weight is 219 g/mol. The normalized spacial score (nSPS) is 15.1. The Morgan fingerprint density at radius 3 is 2.38 bits per heavy atom. The van der Waals surface area contributed by atoms with E-state index in [2.05, 4.69) is 52.0 Å². The van der Waals surface area contributed by atoms with Crippen LogP contribution in [-0.4, -0.2) is 6.04 Å². The maximum Gasteiger partial charge on any atom is 0.00162 e. The Morgan fingerprint density at radius 1 is 1.12 bits per heavy atom. The smallest absolute Gasteiger partial charge is 0.00162 e. The molecular weight excluding hydrogens is 194 g/mol. The van der Waals surface area contributed by atoms with Gasteiger partial charge in [-0.3, -0.25) is 0 Å². The lowest BCUT2D eigenvalue weighted by molar-refractivity contribution is 0.584. The SMILES string of the molecule is CC(C)Cc1cccc(C(C)CC(C)N)c1. The summed E-state index contributed by atoms with van der Waals surface area (Å²) in [6.07, 6.45) is 2.23. The van der Waals surface area contributed by atoms with Gasteiger partial charge in [-0.25, -0.2) is 0 Å². The van der Waals surface area contributed by atoms with Crippen molar-refractivity contribution in [3.63, 3.8) is 0 Å². The van der Waals surface area contributed by atoms with Crippen molar-refractivity contribution in [1.29, 1.82) is 0 Å². The molecule has 1 heteroatoms. The molecule has 1 aromatic rings. The zero-order chi connectivity index (χ0) is 12.1. The van der Waals surface area contributed by atoms with Crippen molar-refractivity contribution >= 4 is 0 Å². The zero-order valence-electron chi connectivity index (χ0n) is 11.0. The Bertz CT molecular complexity index is 315. The van der Waals surface area contributed by atoms with Crippen molar-refractivity contribution in [1.82, 2.24) is 0 Å². The Morgan fingerprint density at radius 2 is 1.81 bits per heavy atom. The predicted octanol–water partition coefficient (Wildman–Crippen LogP) is 3.73. The number of nitrogens with two attached hydrogens (primary N) is 1. The number of benzene rings is 1. The van der Waals surface area contributed by atoms with Gasteiger partial charge >= 0.3 is 0 Å². The number of rotatable bonds is 5. The molecule has 0 bridgehead atoms. The fourth-order valence-corrected chi connectivity index (χ4v) is 2.19. The van der Waals surface area contributed by atoms with Gasteiger partial charge < -0.3 is 5.73 Å². The molecule has 90 valence electrons. The van der Waals surface area contributed by atoms with Crippen molar-refractivity contribution in [2.75, 3.05) is 0 Å². The number of hydrogen-bond acceptors (Lipinski definition) is 1. The number of hydrogen-bond donors (Lipinski definition) is 1. The largest absolute Gasteiger partial charge is 0.328 e. The van der Waals surface area contributed by atoms with Gasteiger partial charge in [-0.1, -0.05) is 45.0 Å². The van der Waals surface area contributed by atoms with Gasteiger partial charge in [-0.05, 0) is 42.7 Å². The van der Waals surface area contributed by atoms with Crippen LogP contribution >= 0.6 is 0 Å². The molecule has 1 nitrogen and oxygen atoms in total. The van der Waals surface area contributed by atoms with Gasteiger partial charge in [0.05, 0.1) is 0 Å². The van der Waals surface area contributed by atoms with Crippen molar-refractivity contribution in [2.45, 2.75) is 52.5 Å². The summed E-state index contributed by atoms with van der Waals surface area (Å²) in [5, 5.41) is 0. The molecule has 2 unspecified atom stereocenters. The van der Waals surface area contributed by atoms with Gasteiger partial charge in [-0.15, -0.1) is 0 Å². The molecule has 0 fully saturated rings. The minimum Gasteiger partial charge on any atom is -0.328 e. The first-order valence-electron chi connectivity index (χ1n) is 6.33. The highest BCUT2D eigenvalue weighted by Crippen LogP contribution is 2.22. The van der Waals surface area contributed by atoms with E-state index in [1.807, 2.05) is 0 Å². The van der Waals surface area contributed by atoms with Crippen molar-refractivity contribution in [2.24, 2.45) is 11.7 Å². The van der Waals surface area contributed by atoms with E-state index < -0.39 is 0 Å². The molecule has 0 aliphatic rings. The lowest BCUT2D eigenvalue weighted by atomic mass is 9.92. The van der Waals surface area contributed by atoms with E-state index in [0.29, 0.717) is 5.92 Å². The maximum absolute atomic E-state index is 5.85. The molecule has 0 heterocycles. The second-order valence-corrected chi connectivity index (χ2v) is 5.46. The average Bonchev–Trinajstić information content (AvgIpc) is 2.16. The minimum absolute atomic E-state index is 0.281. The summed E-state index contributed by atoms with van der Waals surface area (Å²) in [7, 11) is 0. The molecular formula is C15H25N. The van der Waals surface area contributed by atoms with Crippen LogP contribution in [0.3, 0.4) is 0 Å². The lowest BCUT2D eigenvalue weighted by Crippen LogP contribution is -2.17. The van der Waals surface area contributed by atoms with E-state index in [1.165, 1.54) is 17.5 Å². The van der Waals surface area contributed by atoms with Crippen LogP contribution in [0.4, 0.5) is 0 Å². The summed E-state index contributed by atoms with van der Waals surface area (Å²) < 4.78 is 0. The van der Waals surface area contributed by atoms with Crippen molar-refractivity contribution in [3.05, 3.63) is 35.4 Å². The molecule has 0 aliphatic heterocycles. The second-order valence-electron chi connectivity index (χ2n) is 5.46. The summed E-state index contributed by atoms with van der Waals surface area (Å²) >= 11 is 0. The van der Waals surface area contributed by atoms with E-state index in [1.54, 1.807) is 0 Å². The van der Waals surface area contributed by atoms with Crippen molar-refractivity contribution < 1.29 is 0 Å². The molecule has 2 N–H and O–H groups in total. The van der Waals surface area contributed by atoms with Gasteiger partial charge in [0.25, 0.3) is 0 Å². The van der Waals surface area contributed by atoms with E-state index >= 15 is 0 Å². The third-order valence-corrected chi connectivity index (χ3v) is 2.89. The molecule has 0 saturated heterocycles. The first-order chi connectivity index (χ1) is 7.49. The molecule has 0 saturated carbocycles. The monoisotopic (exact) mass is 219 g/mol. The maximum atomic E-state index is 5.85. The van der Waals surface area contributed by atoms with E-state index in [9.17, 15) is 0 Å². The molecule has 0 radical (unpaired) electrons. The molecule has 0 aliphatic carbocycles. The summed E-state index contributed by atoms with van der Waals surface area (Å²) in [6.45, 7) is 8.86. The minimum atomic E-state index is 0.281. The second kappa shape index (κ2) is 6.05. The molecule has 0 spiro atoms. The predicted molar refractivity (Wildman–Crippen MR) is 71.7 cm³/mol. The summed E-state index contributed by atoms with van der Waals surface area (Å²) in [5.74, 6) is 1.28. The summed E-state index contributed by atoms with van der Waals surface area (Å²) in [6, 6.07) is 9.24. The fraction of sp³-hybridized carbons (Fsp3) is 0.600. The van der Waals surface area contributed by atoms with Crippen LogP contribution in [0.1, 0.15) is 51.2 Å². The molecule has 2 atom stereocenters. The molecule has 1 aromatic carbocycles. The quantitative estimate of drug-likeness (QED) is 0.802. The van der Waals surface area contributed by atoms with Crippen molar-refractivity contribution in [3.8, 4) is 0 Å². The lowest BCUT2D eigenvalue weighted by Gasteiger charge is -2.16. The van der Waals surface area contributed by atoms with Gasteiger partial charge in [0.2, 0.25) is 0 Å². The van der Waals surface area contributed by atoms with E-state index in [0.717, 1.165) is 12.3 Å². The van der Waals surface area contributed by atoms with E-state index in [4.69, 9.17) is 5.73 Å². The Labute approximate surface area is 100 Å². The molecule has 0 amide bonds. The fourth-order valence-electron chi connectivity index (χ4n) is 2.19. The highest BCUT2D eigenvalue weighted by atomic mass is 14.6. The van der Waals surface area contributed by atoms with Crippen LogP contribution in [0.5, 0.6) is 0 Å². The Kier molecular flexibility index (Phi) is 5.01. The molecule has 1 rings (SSSR count). The highest BCUT2D eigenvalue weighted by Gasteiger charge is 2.08. The van der Waals surface area contributed by atoms with Gasteiger partial charge in [0.1, 0.15) is 0 Å². The summed E-state index contributed by atoms with van der Waals surface area (Å²) in [5.41, 5.74) is 8.72. The van der Waals surface area contributed by atoms with Gasteiger partial charge in [0, 0.05) is 6.04 Å². The van der Waals surface area contributed by atoms with E-state index in [-0.39, 0.29) is 6.04 Å². The molecule has 0 aromatic heterocycles.